The first-order valence-electron chi connectivity index (χ1n) is 5.23. The first-order chi connectivity index (χ1) is 7.54. The SMILES string of the molecule is COCC(C)CNc1cc(Cl)c(C)cc1Cl. The Labute approximate surface area is 107 Å². The van der Waals surface area contributed by atoms with E-state index in [1.165, 1.54) is 0 Å². The van der Waals surface area contributed by atoms with Crippen molar-refractivity contribution in [2.45, 2.75) is 13.8 Å². The van der Waals surface area contributed by atoms with Gasteiger partial charge in [0.05, 0.1) is 17.3 Å². The summed E-state index contributed by atoms with van der Waals surface area (Å²) in [5.41, 5.74) is 1.86. The van der Waals surface area contributed by atoms with Crippen molar-refractivity contribution in [1.29, 1.82) is 0 Å². The van der Waals surface area contributed by atoms with Crippen molar-refractivity contribution in [2.75, 3.05) is 25.6 Å². The van der Waals surface area contributed by atoms with E-state index in [0.29, 0.717) is 10.9 Å². The molecule has 1 N–H and O–H groups in total. The van der Waals surface area contributed by atoms with Crippen molar-refractivity contribution >= 4 is 28.9 Å². The number of hydrogen-bond donors (Lipinski definition) is 1. The number of hydrogen-bond acceptors (Lipinski definition) is 2. The number of benzene rings is 1. The van der Waals surface area contributed by atoms with Crippen LogP contribution in [-0.4, -0.2) is 20.3 Å². The van der Waals surface area contributed by atoms with Crippen LogP contribution in [0, 0.1) is 12.8 Å². The summed E-state index contributed by atoms with van der Waals surface area (Å²) in [6.45, 7) is 5.59. The molecule has 0 saturated carbocycles. The van der Waals surface area contributed by atoms with Gasteiger partial charge < -0.3 is 10.1 Å². The quantitative estimate of drug-likeness (QED) is 0.866. The Bertz CT molecular complexity index is 355. The van der Waals surface area contributed by atoms with Crippen molar-refractivity contribution in [2.24, 2.45) is 5.92 Å². The Kier molecular flexibility index (Phi) is 5.39. The summed E-state index contributed by atoms with van der Waals surface area (Å²) < 4.78 is 5.07. The molecule has 0 aliphatic carbocycles. The van der Waals surface area contributed by atoms with Crippen LogP contribution in [0.15, 0.2) is 12.1 Å². The van der Waals surface area contributed by atoms with Crippen LogP contribution in [0.1, 0.15) is 12.5 Å². The minimum Gasteiger partial charge on any atom is -0.384 e. The lowest BCUT2D eigenvalue weighted by Crippen LogP contribution is -2.16. The van der Waals surface area contributed by atoms with E-state index in [1.807, 2.05) is 19.1 Å². The van der Waals surface area contributed by atoms with Gasteiger partial charge in [-0.15, -0.1) is 0 Å². The zero-order valence-corrected chi connectivity index (χ0v) is 11.3. The maximum Gasteiger partial charge on any atom is 0.0641 e. The summed E-state index contributed by atoms with van der Waals surface area (Å²) in [5, 5.41) is 4.70. The van der Waals surface area contributed by atoms with Gasteiger partial charge in [0.1, 0.15) is 0 Å². The highest BCUT2D eigenvalue weighted by molar-refractivity contribution is 6.35. The molecule has 0 spiro atoms. The normalized spacial score (nSPS) is 12.6. The number of nitrogens with one attached hydrogen (secondary N) is 1. The van der Waals surface area contributed by atoms with E-state index in [4.69, 9.17) is 27.9 Å². The first kappa shape index (κ1) is 13.6. The fourth-order valence-corrected chi connectivity index (χ4v) is 1.86. The minimum absolute atomic E-state index is 0.432. The Morgan fingerprint density at radius 2 is 2.00 bits per heavy atom. The van der Waals surface area contributed by atoms with Gasteiger partial charge in [0, 0.05) is 18.7 Å². The highest BCUT2D eigenvalue weighted by Gasteiger charge is 2.06. The van der Waals surface area contributed by atoms with Gasteiger partial charge in [-0.3, -0.25) is 0 Å². The monoisotopic (exact) mass is 261 g/mol. The molecule has 0 saturated heterocycles. The Morgan fingerprint density at radius 1 is 1.31 bits per heavy atom. The van der Waals surface area contributed by atoms with Gasteiger partial charge in [0.15, 0.2) is 0 Å². The van der Waals surface area contributed by atoms with Crippen LogP contribution in [0.5, 0.6) is 0 Å². The van der Waals surface area contributed by atoms with E-state index in [-0.39, 0.29) is 0 Å². The summed E-state index contributed by atoms with van der Waals surface area (Å²) in [5.74, 6) is 0.432. The number of methoxy groups -OCH3 is 1. The van der Waals surface area contributed by atoms with Crippen LogP contribution < -0.4 is 5.32 Å². The molecule has 1 atom stereocenters. The molecule has 0 fully saturated rings. The smallest absolute Gasteiger partial charge is 0.0641 e. The van der Waals surface area contributed by atoms with E-state index in [2.05, 4.69) is 12.2 Å². The fraction of sp³-hybridized carbons (Fsp3) is 0.500. The maximum absolute atomic E-state index is 6.11. The van der Waals surface area contributed by atoms with Gasteiger partial charge in [-0.05, 0) is 30.5 Å². The van der Waals surface area contributed by atoms with Crippen LogP contribution >= 0.6 is 23.2 Å². The molecule has 0 bridgehead atoms. The third-order valence-electron chi connectivity index (χ3n) is 2.34. The standard InChI is InChI=1S/C12H17Cl2NO/c1-8(7-16-3)6-15-12-5-10(13)9(2)4-11(12)14/h4-5,8,15H,6-7H2,1-3H3. The summed E-state index contributed by atoms with van der Waals surface area (Å²) in [4.78, 5) is 0. The lowest BCUT2D eigenvalue weighted by molar-refractivity contribution is 0.164. The molecule has 1 unspecified atom stereocenters. The van der Waals surface area contributed by atoms with Crippen molar-refractivity contribution in [1.82, 2.24) is 0 Å². The van der Waals surface area contributed by atoms with E-state index < -0.39 is 0 Å². The highest BCUT2D eigenvalue weighted by Crippen LogP contribution is 2.28. The molecule has 1 aromatic carbocycles. The van der Waals surface area contributed by atoms with Crippen molar-refractivity contribution in [3.05, 3.63) is 27.7 Å². The van der Waals surface area contributed by atoms with Gasteiger partial charge in [0.25, 0.3) is 0 Å². The summed E-state index contributed by atoms with van der Waals surface area (Å²) in [7, 11) is 1.70. The number of ether oxygens (including phenoxy) is 1. The molecular formula is C12H17Cl2NO. The lowest BCUT2D eigenvalue weighted by Gasteiger charge is -2.14. The van der Waals surface area contributed by atoms with E-state index in [0.717, 1.165) is 29.4 Å². The number of halogens is 2. The lowest BCUT2D eigenvalue weighted by atomic mass is 10.2. The molecule has 0 aromatic heterocycles. The van der Waals surface area contributed by atoms with Crippen molar-refractivity contribution in [3.63, 3.8) is 0 Å². The third-order valence-corrected chi connectivity index (χ3v) is 3.06. The molecule has 90 valence electrons. The average molecular weight is 262 g/mol. The minimum atomic E-state index is 0.432. The van der Waals surface area contributed by atoms with Crippen LogP contribution in [-0.2, 0) is 4.74 Å². The molecule has 16 heavy (non-hydrogen) atoms. The van der Waals surface area contributed by atoms with Gasteiger partial charge in [0.2, 0.25) is 0 Å². The van der Waals surface area contributed by atoms with Gasteiger partial charge in [-0.1, -0.05) is 30.1 Å². The van der Waals surface area contributed by atoms with E-state index in [9.17, 15) is 0 Å². The molecule has 0 aliphatic rings. The molecule has 4 heteroatoms. The molecule has 1 rings (SSSR count). The van der Waals surface area contributed by atoms with E-state index >= 15 is 0 Å². The Morgan fingerprint density at radius 3 is 2.62 bits per heavy atom. The second-order valence-corrected chi connectivity index (χ2v) is 4.84. The van der Waals surface area contributed by atoms with Crippen LogP contribution in [0.3, 0.4) is 0 Å². The molecule has 0 aliphatic heterocycles. The first-order valence-corrected chi connectivity index (χ1v) is 5.98. The molecule has 0 amide bonds. The Balaban J connectivity index is 2.63. The zero-order chi connectivity index (χ0) is 12.1. The molecule has 0 radical (unpaired) electrons. The van der Waals surface area contributed by atoms with Crippen molar-refractivity contribution in [3.8, 4) is 0 Å². The second-order valence-electron chi connectivity index (χ2n) is 4.02. The maximum atomic E-state index is 6.11. The van der Waals surface area contributed by atoms with Gasteiger partial charge in [-0.25, -0.2) is 0 Å². The Hall–Kier alpha value is -0.440. The van der Waals surface area contributed by atoms with Crippen LogP contribution in [0.4, 0.5) is 5.69 Å². The van der Waals surface area contributed by atoms with Gasteiger partial charge in [-0.2, -0.15) is 0 Å². The summed E-state index contributed by atoms with van der Waals surface area (Å²) in [6.07, 6.45) is 0. The molecular weight excluding hydrogens is 245 g/mol. The number of rotatable bonds is 5. The predicted molar refractivity (Wildman–Crippen MR) is 70.7 cm³/mol. The third kappa shape index (κ3) is 3.85. The van der Waals surface area contributed by atoms with Crippen molar-refractivity contribution < 1.29 is 4.74 Å². The summed E-state index contributed by atoms with van der Waals surface area (Å²) in [6, 6.07) is 3.73. The summed E-state index contributed by atoms with van der Waals surface area (Å²) >= 11 is 12.1. The second kappa shape index (κ2) is 6.33. The predicted octanol–water partition coefficient (Wildman–Crippen LogP) is 4.00. The highest BCUT2D eigenvalue weighted by atomic mass is 35.5. The topological polar surface area (TPSA) is 21.3 Å². The van der Waals surface area contributed by atoms with Gasteiger partial charge >= 0.3 is 0 Å². The van der Waals surface area contributed by atoms with Crippen LogP contribution in [0.2, 0.25) is 10.0 Å². The number of anilines is 1. The molecule has 2 nitrogen and oxygen atoms in total. The van der Waals surface area contributed by atoms with Crippen LogP contribution in [0.25, 0.3) is 0 Å². The number of aryl methyl sites for hydroxylation is 1. The van der Waals surface area contributed by atoms with E-state index in [1.54, 1.807) is 7.11 Å². The largest absolute Gasteiger partial charge is 0.384 e. The molecule has 1 aromatic rings. The molecule has 0 heterocycles. The fourth-order valence-electron chi connectivity index (χ4n) is 1.41. The zero-order valence-electron chi connectivity index (χ0n) is 9.81. The average Bonchev–Trinajstić information content (AvgIpc) is 2.22.